The van der Waals surface area contributed by atoms with Crippen molar-refractivity contribution in [2.24, 2.45) is 0 Å². The van der Waals surface area contributed by atoms with Crippen LogP contribution in [0, 0.1) is 0 Å². The van der Waals surface area contributed by atoms with Gasteiger partial charge in [0, 0.05) is 26.2 Å². The molecule has 1 rings (SSSR count). The van der Waals surface area contributed by atoms with Crippen molar-refractivity contribution in [1.29, 1.82) is 0 Å². The highest BCUT2D eigenvalue weighted by Crippen LogP contribution is 2.13. The third-order valence-corrected chi connectivity index (χ3v) is 2.65. The van der Waals surface area contributed by atoms with Gasteiger partial charge in [-0.1, -0.05) is 0 Å². The summed E-state index contributed by atoms with van der Waals surface area (Å²) in [5.74, 6) is 0. The fraction of sp³-hybridized carbons (Fsp3) is 0.917. The first-order valence-electron chi connectivity index (χ1n) is 6.01. The topological polar surface area (TPSA) is 50.8 Å². The van der Waals surface area contributed by atoms with Crippen LogP contribution in [0.4, 0.5) is 4.79 Å². The molecule has 1 heterocycles. The molecule has 1 amide bonds. The Morgan fingerprint density at radius 3 is 2.53 bits per heavy atom. The Hall–Kier alpha value is -0.810. The summed E-state index contributed by atoms with van der Waals surface area (Å²) < 4.78 is 10.6. The predicted molar refractivity (Wildman–Crippen MR) is 66.1 cm³/mol. The third-order valence-electron chi connectivity index (χ3n) is 2.65. The van der Waals surface area contributed by atoms with Crippen molar-refractivity contribution in [3.05, 3.63) is 0 Å². The van der Waals surface area contributed by atoms with E-state index < -0.39 is 5.60 Å². The van der Waals surface area contributed by atoms with Crippen molar-refractivity contribution in [3.8, 4) is 0 Å². The highest BCUT2D eigenvalue weighted by Gasteiger charge is 2.27. The minimum absolute atomic E-state index is 0.0912. The van der Waals surface area contributed by atoms with Crippen molar-refractivity contribution in [2.75, 3.05) is 27.2 Å². The monoisotopic (exact) mass is 244 g/mol. The lowest BCUT2D eigenvalue weighted by atomic mass is 10.0. The zero-order valence-corrected chi connectivity index (χ0v) is 11.4. The number of rotatable bonds is 2. The molecule has 0 aromatic carbocycles. The molecule has 0 radical (unpaired) electrons. The zero-order valence-electron chi connectivity index (χ0n) is 11.4. The van der Waals surface area contributed by atoms with Gasteiger partial charge in [-0.3, -0.25) is 0 Å². The largest absolute Gasteiger partial charge is 0.444 e. The number of amides is 1. The van der Waals surface area contributed by atoms with Gasteiger partial charge >= 0.3 is 6.09 Å². The van der Waals surface area contributed by atoms with E-state index >= 15 is 0 Å². The Morgan fingerprint density at radius 1 is 1.35 bits per heavy atom. The van der Waals surface area contributed by atoms with Crippen LogP contribution in [0.25, 0.3) is 0 Å². The summed E-state index contributed by atoms with van der Waals surface area (Å²) in [6.45, 7) is 7.31. The smallest absolute Gasteiger partial charge is 0.407 e. The number of nitrogens with one attached hydrogen (secondary N) is 1. The third kappa shape index (κ3) is 5.37. The highest BCUT2D eigenvalue weighted by molar-refractivity contribution is 5.68. The fourth-order valence-electron chi connectivity index (χ4n) is 2.01. The Labute approximate surface area is 103 Å². The maximum absolute atomic E-state index is 11.6. The molecule has 17 heavy (non-hydrogen) atoms. The van der Waals surface area contributed by atoms with Crippen molar-refractivity contribution in [2.45, 2.75) is 44.9 Å². The van der Waals surface area contributed by atoms with Gasteiger partial charge in [0.25, 0.3) is 0 Å². The highest BCUT2D eigenvalue weighted by atomic mass is 16.6. The Kier molecular flexibility index (Phi) is 4.77. The molecule has 0 unspecified atom stereocenters. The van der Waals surface area contributed by atoms with Crippen LogP contribution in [-0.4, -0.2) is 56.0 Å². The standard InChI is InChI=1S/C12H24N2O3/c1-12(2,3)17-11(15)13-9-6-10(16-5)8-14(4)7-9/h9-10H,6-8H2,1-5H3,(H,13,15)/t9-,10+/m0/s1. The first-order valence-corrected chi connectivity index (χ1v) is 6.01. The number of piperidine rings is 1. The van der Waals surface area contributed by atoms with E-state index in [2.05, 4.69) is 10.2 Å². The summed E-state index contributed by atoms with van der Waals surface area (Å²) in [4.78, 5) is 13.8. The molecule has 100 valence electrons. The quantitative estimate of drug-likeness (QED) is 0.794. The molecule has 5 nitrogen and oxygen atoms in total. The molecular formula is C12H24N2O3. The van der Waals surface area contributed by atoms with E-state index in [-0.39, 0.29) is 18.2 Å². The summed E-state index contributed by atoms with van der Waals surface area (Å²) in [6, 6.07) is 0.0912. The molecule has 0 aliphatic carbocycles. The Bertz CT molecular complexity index is 263. The Morgan fingerprint density at radius 2 is 2.00 bits per heavy atom. The number of carbonyl (C=O) groups is 1. The second kappa shape index (κ2) is 5.69. The summed E-state index contributed by atoms with van der Waals surface area (Å²) in [5.41, 5.74) is -0.453. The summed E-state index contributed by atoms with van der Waals surface area (Å²) in [5, 5.41) is 2.89. The second-order valence-corrected chi connectivity index (χ2v) is 5.66. The van der Waals surface area contributed by atoms with Gasteiger partial charge in [0.15, 0.2) is 0 Å². The minimum Gasteiger partial charge on any atom is -0.444 e. The van der Waals surface area contributed by atoms with Gasteiger partial charge in [0.2, 0.25) is 0 Å². The number of hydrogen-bond acceptors (Lipinski definition) is 4. The molecule has 0 spiro atoms. The number of alkyl carbamates (subject to hydrolysis) is 1. The molecule has 1 saturated heterocycles. The number of nitrogens with zero attached hydrogens (tertiary/aromatic N) is 1. The van der Waals surface area contributed by atoms with Crippen LogP contribution in [0.1, 0.15) is 27.2 Å². The van der Waals surface area contributed by atoms with E-state index in [9.17, 15) is 4.79 Å². The van der Waals surface area contributed by atoms with Gasteiger partial charge in [-0.2, -0.15) is 0 Å². The predicted octanol–water partition coefficient (Wildman–Crippen LogP) is 1.23. The molecule has 0 aromatic rings. The van der Waals surface area contributed by atoms with Gasteiger partial charge in [-0.15, -0.1) is 0 Å². The summed E-state index contributed by atoms with van der Waals surface area (Å²) >= 11 is 0. The average molecular weight is 244 g/mol. The van der Waals surface area contributed by atoms with Crippen LogP contribution in [0.15, 0.2) is 0 Å². The number of ether oxygens (including phenoxy) is 2. The van der Waals surface area contributed by atoms with E-state index in [0.717, 1.165) is 19.5 Å². The lowest BCUT2D eigenvalue weighted by molar-refractivity contribution is 0.0178. The van der Waals surface area contributed by atoms with Crippen molar-refractivity contribution in [3.63, 3.8) is 0 Å². The van der Waals surface area contributed by atoms with Crippen LogP contribution in [0.3, 0.4) is 0 Å². The van der Waals surface area contributed by atoms with Crippen LogP contribution < -0.4 is 5.32 Å². The van der Waals surface area contributed by atoms with E-state index in [0.29, 0.717) is 0 Å². The van der Waals surface area contributed by atoms with E-state index in [1.807, 2.05) is 27.8 Å². The number of methoxy groups -OCH3 is 1. The lowest BCUT2D eigenvalue weighted by Gasteiger charge is -2.35. The summed E-state index contributed by atoms with van der Waals surface area (Å²) in [7, 11) is 3.73. The summed E-state index contributed by atoms with van der Waals surface area (Å²) in [6.07, 6.45) is 0.654. The zero-order chi connectivity index (χ0) is 13.1. The van der Waals surface area contributed by atoms with Gasteiger partial charge in [0.05, 0.1) is 6.10 Å². The average Bonchev–Trinajstić information content (AvgIpc) is 2.13. The maximum Gasteiger partial charge on any atom is 0.407 e. The van der Waals surface area contributed by atoms with Crippen molar-refractivity contribution in [1.82, 2.24) is 10.2 Å². The van der Waals surface area contributed by atoms with Gasteiger partial charge < -0.3 is 19.7 Å². The normalized spacial score (nSPS) is 26.6. The molecule has 0 bridgehead atoms. The molecule has 1 aliphatic heterocycles. The van der Waals surface area contributed by atoms with Crippen LogP contribution >= 0.6 is 0 Å². The lowest BCUT2D eigenvalue weighted by Crippen LogP contribution is -2.52. The molecule has 1 N–H and O–H groups in total. The molecule has 1 fully saturated rings. The SMILES string of the molecule is CO[C@@H]1C[C@H](NC(=O)OC(C)(C)C)CN(C)C1. The maximum atomic E-state index is 11.6. The van der Waals surface area contributed by atoms with Gasteiger partial charge in [-0.05, 0) is 34.2 Å². The Balaban J connectivity index is 2.42. The van der Waals surface area contributed by atoms with E-state index in [1.165, 1.54) is 0 Å². The molecule has 0 saturated carbocycles. The minimum atomic E-state index is -0.453. The van der Waals surface area contributed by atoms with Gasteiger partial charge in [0.1, 0.15) is 5.60 Å². The molecule has 1 aliphatic rings. The van der Waals surface area contributed by atoms with E-state index in [1.54, 1.807) is 7.11 Å². The second-order valence-electron chi connectivity index (χ2n) is 5.66. The number of carbonyl (C=O) groups excluding carboxylic acids is 1. The van der Waals surface area contributed by atoms with Crippen LogP contribution in [0.5, 0.6) is 0 Å². The molecule has 0 aromatic heterocycles. The molecular weight excluding hydrogens is 220 g/mol. The first-order chi connectivity index (χ1) is 7.80. The first kappa shape index (κ1) is 14.3. The fourth-order valence-corrected chi connectivity index (χ4v) is 2.01. The number of likely N-dealkylation sites (N-methyl/N-ethyl adjacent to an activating group) is 1. The number of hydrogen-bond donors (Lipinski definition) is 1. The number of likely N-dealkylation sites (tertiary alicyclic amines) is 1. The van der Waals surface area contributed by atoms with E-state index in [4.69, 9.17) is 9.47 Å². The molecule has 2 atom stereocenters. The van der Waals surface area contributed by atoms with Crippen LogP contribution in [0.2, 0.25) is 0 Å². The van der Waals surface area contributed by atoms with Crippen molar-refractivity contribution >= 4 is 6.09 Å². The van der Waals surface area contributed by atoms with Crippen molar-refractivity contribution < 1.29 is 14.3 Å². The molecule has 5 heteroatoms. The van der Waals surface area contributed by atoms with Gasteiger partial charge in [-0.25, -0.2) is 4.79 Å². The van der Waals surface area contributed by atoms with Crippen LogP contribution in [-0.2, 0) is 9.47 Å².